The zero-order valence-corrected chi connectivity index (χ0v) is 10.2. The van der Waals surface area contributed by atoms with E-state index in [-0.39, 0.29) is 6.04 Å². The van der Waals surface area contributed by atoms with Gasteiger partial charge in [0.2, 0.25) is 0 Å². The van der Waals surface area contributed by atoms with Crippen molar-refractivity contribution in [3.05, 3.63) is 53.9 Å². The van der Waals surface area contributed by atoms with Crippen LogP contribution in [0.25, 0.3) is 0 Å². The molecule has 0 aliphatic rings. The van der Waals surface area contributed by atoms with Crippen LogP contribution >= 0.6 is 0 Å². The van der Waals surface area contributed by atoms with E-state index in [2.05, 4.69) is 36.3 Å². The van der Waals surface area contributed by atoms with E-state index in [1.807, 2.05) is 16.9 Å². The summed E-state index contributed by atoms with van der Waals surface area (Å²) in [7, 11) is 0. The van der Waals surface area contributed by atoms with Crippen LogP contribution in [0.4, 0.5) is 0 Å². The second-order valence-electron chi connectivity index (χ2n) is 4.33. The standard InChI is InChI=1S/C14H19N3/c1-2-4-12-5-7-13(8-6-12)14(15)11-17-10-3-9-16-17/h3,5-10,14H,2,4,11,15H2,1H3. The number of hydrogen-bond acceptors (Lipinski definition) is 2. The molecule has 1 aromatic carbocycles. The van der Waals surface area contributed by atoms with Crippen LogP contribution < -0.4 is 5.73 Å². The van der Waals surface area contributed by atoms with E-state index in [1.165, 1.54) is 17.5 Å². The molecule has 0 aliphatic carbocycles. The quantitative estimate of drug-likeness (QED) is 0.856. The monoisotopic (exact) mass is 229 g/mol. The summed E-state index contributed by atoms with van der Waals surface area (Å²) in [6.45, 7) is 2.91. The predicted octanol–water partition coefficient (Wildman–Crippen LogP) is 2.54. The fraction of sp³-hybridized carbons (Fsp3) is 0.357. The molecule has 0 radical (unpaired) electrons. The molecule has 0 amide bonds. The van der Waals surface area contributed by atoms with Gasteiger partial charge >= 0.3 is 0 Å². The van der Waals surface area contributed by atoms with Gasteiger partial charge in [-0.3, -0.25) is 4.68 Å². The Labute approximate surface area is 102 Å². The molecule has 3 heteroatoms. The highest BCUT2D eigenvalue weighted by molar-refractivity contribution is 5.24. The van der Waals surface area contributed by atoms with Gasteiger partial charge in [-0.05, 0) is 23.6 Å². The molecule has 1 aromatic heterocycles. The largest absolute Gasteiger partial charge is 0.322 e. The number of rotatable bonds is 5. The third kappa shape index (κ3) is 3.17. The highest BCUT2D eigenvalue weighted by Gasteiger charge is 2.06. The molecule has 2 rings (SSSR count). The van der Waals surface area contributed by atoms with Crippen molar-refractivity contribution >= 4 is 0 Å². The first-order valence-corrected chi connectivity index (χ1v) is 6.11. The summed E-state index contributed by atoms with van der Waals surface area (Å²) < 4.78 is 1.87. The number of nitrogens with zero attached hydrogens (tertiary/aromatic N) is 2. The zero-order chi connectivity index (χ0) is 12.1. The molecule has 0 aliphatic heterocycles. The lowest BCUT2D eigenvalue weighted by molar-refractivity contribution is 0.527. The third-order valence-corrected chi connectivity index (χ3v) is 2.89. The molecule has 0 spiro atoms. The average Bonchev–Trinajstić information content (AvgIpc) is 2.83. The zero-order valence-electron chi connectivity index (χ0n) is 10.2. The minimum Gasteiger partial charge on any atom is -0.322 e. The maximum Gasteiger partial charge on any atom is 0.0602 e. The summed E-state index contributed by atoms with van der Waals surface area (Å²) >= 11 is 0. The Bertz CT molecular complexity index is 431. The lowest BCUT2D eigenvalue weighted by Crippen LogP contribution is -2.17. The molecular formula is C14H19N3. The SMILES string of the molecule is CCCc1ccc(C(N)Cn2cccn2)cc1. The summed E-state index contributed by atoms with van der Waals surface area (Å²) in [5.74, 6) is 0. The molecule has 3 nitrogen and oxygen atoms in total. The van der Waals surface area contributed by atoms with Crippen molar-refractivity contribution < 1.29 is 0 Å². The number of nitrogens with two attached hydrogens (primary N) is 1. The Kier molecular flexibility index (Phi) is 3.94. The Balaban J connectivity index is 2.01. The molecule has 1 heterocycles. The molecule has 1 atom stereocenters. The van der Waals surface area contributed by atoms with E-state index in [0.717, 1.165) is 13.0 Å². The fourth-order valence-corrected chi connectivity index (χ4v) is 1.94. The first-order valence-electron chi connectivity index (χ1n) is 6.11. The van der Waals surface area contributed by atoms with Crippen LogP contribution in [0.15, 0.2) is 42.7 Å². The molecule has 0 saturated carbocycles. The third-order valence-electron chi connectivity index (χ3n) is 2.89. The van der Waals surface area contributed by atoms with Crippen LogP contribution in [-0.4, -0.2) is 9.78 Å². The van der Waals surface area contributed by atoms with Crippen molar-refractivity contribution in [3.63, 3.8) is 0 Å². The van der Waals surface area contributed by atoms with Crippen molar-refractivity contribution in [3.8, 4) is 0 Å². The van der Waals surface area contributed by atoms with Gasteiger partial charge in [-0.15, -0.1) is 0 Å². The van der Waals surface area contributed by atoms with E-state index in [9.17, 15) is 0 Å². The van der Waals surface area contributed by atoms with Crippen LogP contribution in [0.2, 0.25) is 0 Å². The lowest BCUT2D eigenvalue weighted by Gasteiger charge is -2.12. The smallest absolute Gasteiger partial charge is 0.0602 e. The number of aryl methyl sites for hydroxylation is 1. The minimum absolute atomic E-state index is 0.00516. The van der Waals surface area contributed by atoms with E-state index >= 15 is 0 Å². The van der Waals surface area contributed by atoms with Gasteiger partial charge in [-0.1, -0.05) is 37.6 Å². The molecule has 2 aromatic rings. The highest BCUT2D eigenvalue weighted by atomic mass is 15.3. The van der Waals surface area contributed by atoms with Crippen LogP contribution in [0, 0.1) is 0 Å². The van der Waals surface area contributed by atoms with Crippen LogP contribution in [0.3, 0.4) is 0 Å². The lowest BCUT2D eigenvalue weighted by atomic mass is 10.0. The van der Waals surface area contributed by atoms with Crippen LogP contribution in [0.1, 0.15) is 30.5 Å². The van der Waals surface area contributed by atoms with Gasteiger partial charge in [-0.2, -0.15) is 5.10 Å². The van der Waals surface area contributed by atoms with Crippen LogP contribution in [-0.2, 0) is 13.0 Å². The normalized spacial score (nSPS) is 12.6. The van der Waals surface area contributed by atoms with E-state index < -0.39 is 0 Å². The summed E-state index contributed by atoms with van der Waals surface area (Å²) in [4.78, 5) is 0. The molecule has 0 fully saturated rings. The van der Waals surface area contributed by atoms with Gasteiger partial charge in [-0.25, -0.2) is 0 Å². The number of hydrogen-bond donors (Lipinski definition) is 1. The van der Waals surface area contributed by atoms with E-state index in [1.54, 1.807) is 6.20 Å². The minimum atomic E-state index is 0.00516. The van der Waals surface area contributed by atoms with Gasteiger partial charge in [0.25, 0.3) is 0 Å². The summed E-state index contributed by atoms with van der Waals surface area (Å²) in [6, 6.07) is 10.5. The van der Waals surface area contributed by atoms with Gasteiger partial charge in [0.1, 0.15) is 0 Å². The van der Waals surface area contributed by atoms with Gasteiger partial charge < -0.3 is 5.73 Å². The second kappa shape index (κ2) is 5.64. The van der Waals surface area contributed by atoms with E-state index in [4.69, 9.17) is 5.73 Å². The Morgan fingerprint density at radius 1 is 1.29 bits per heavy atom. The first-order chi connectivity index (χ1) is 8.29. The second-order valence-corrected chi connectivity index (χ2v) is 4.33. The van der Waals surface area contributed by atoms with Crippen molar-refractivity contribution in [2.45, 2.75) is 32.4 Å². The Morgan fingerprint density at radius 2 is 2.06 bits per heavy atom. The Morgan fingerprint density at radius 3 is 2.65 bits per heavy atom. The predicted molar refractivity (Wildman–Crippen MR) is 69.6 cm³/mol. The first kappa shape index (κ1) is 11.9. The molecular weight excluding hydrogens is 210 g/mol. The van der Waals surface area contributed by atoms with Gasteiger partial charge in [0.05, 0.1) is 6.54 Å². The van der Waals surface area contributed by atoms with Crippen LogP contribution in [0.5, 0.6) is 0 Å². The fourth-order valence-electron chi connectivity index (χ4n) is 1.94. The maximum absolute atomic E-state index is 6.15. The van der Waals surface area contributed by atoms with Gasteiger partial charge in [0, 0.05) is 18.4 Å². The Hall–Kier alpha value is -1.61. The summed E-state index contributed by atoms with van der Waals surface area (Å²) in [6.07, 6.45) is 6.02. The highest BCUT2D eigenvalue weighted by Crippen LogP contribution is 2.14. The summed E-state index contributed by atoms with van der Waals surface area (Å²) in [5.41, 5.74) is 8.69. The van der Waals surface area contributed by atoms with Crippen molar-refractivity contribution in [1.29, 1.82) is 0 Å². The molecule has 1 unspecified atom stereocenters. The molecule has 17 heavy (non-hydrogen) atoms. The van der Waals surface area contributed by atoms with Crippen molar-refractivity contribution in [2.24, 2.45) is 5.73 Å². The van der Waals surface area contributed by atoms with Crippen molar-refractivity contribution in [1.82, 2.24) is 9.78 Å². The molecule has 0 bridgehead atoms. The van der Waals surface area contributed by atoms with Crippen molar-refractivity contribution in [2.75, 3.05) is 0 Å². The molecule has 2 N–H and O–H groups in total. The topological polar surface area (TPSA) is 43.8 Å². The maximum atomic E-state index is 6.15. The molecule has 90 valence electrons. The number of aromatic nitrogens is 2. The molecule has 0 saturated heterocycles. The van der Waals surface area contributed by atoms with Gasteiger partial charge in [0.15, 0.2) is 0 Å². The summed E-state index contributed by atoms with van der Waals surface area (Å²) in [5, 5.41) is 4.17. The average molecular weight is 229 g/mol. The number of benzene rings is 1. The van der Waals surface area contributed by atoms with E-state index in [0.29, 0.717) is 0 Å².